The Labute approximate surface area is 451 Å². The van der Waals surface area contributed by atoms with Crippen LogP contribution in [0.5, 0.6) is 5.75 Å². The molecule has 5 aromatic rings. The number of rotatable bonds is 22. The fourth-order valence-corrected chi connectivity index (χ4v) is 11.0. The first-order chi connectivity index (χ1) is 37.6. The average Bonchev–Trinajstić information content (AvgIpc) is 4.26. The van der Waals surface area contributed by atoms with Gasteiger partial charge in [-0.2, -0.15) is 18.7 Å². The van der Waals surface area contributed by atoms with Crippen molar-refractivity contribution < 1.29 is 97.7 Å². The first-order valence-corrected chi connectivity index (χ1v) is 28.9. The second-order valence-corrected chi connectivity index (χ2v) is 22.8. The molecule has 0 radical (unpaired) electrons. The standard InChI is InChI=1S/C41H51F4N11O19P2S2/c1-18-23(42)25(44)33(26(45)24(18)43)73-22(58)3-5-65-7-9-67-11-13-68-12-10-66-8-6-64-4-2-21(57)50-27-31-19(71-38(27)55-16-48-28-34(55)51-40(46)53-36(28)60)14-69-77(63,79)75-32-20(15-70-76(62,78)74-31)72-39(30(32)59)56-17-49-29-35(56)52-41(47)54-37(29)61/h16-17,19-20,27,30-32,38-39,59H,2-15H2,1H3,(H,50,57)(H,62,78)(H,63,79)(H3,46,51,53,60)(H3,47,52,54,61)/t19-,20-,27+,30?,31?,32+,38-,39-,76?,77?/m1/s1. The minimum Gasteiger partial charge on any atom is -0.420 e. The van der Waals surface area contributed by atoms with Gasteiger partial charge in [-0.05, 0) is 18.7 Å². The van der Waals surface area contributed by atoms with Crippen LogP contribution in [0.1, 0.15) is 30.9 Å². The van der Waals surface area contributed by atoms with E-state index < -0.39 is 140 Å². The number of hydrogen-bond acceptors (Lipinski definition) is 25. The Morgan fingerprint density at radius 2 is 1.23 bits per heavy atom. The van der Waals surface area contributed by atoms with Crippen LogP contribution in [0.3, 0.4) is 0 Å². The number of ether oxygens (including phenoxy) is 8. The van der Waals surface area contributed by atoms with Crippen LogP contribution < -0.4 is 32.6 Å². The molecular formula is C41H51F4N11O19P2S2. The van der Waals surface area contributed by atoms with Gasteiger partial charge in [0.15, 0.2) is 46.4 Å². The molecular weight excluding hydrogens is 1150 g/mol. The van der Waals surface area contributed by atoms with Gasteiger partial charge in [-0.15, -0.1) is 0 Å². The number of aromatic amines is 2. The van der Waals surface area contributed by atoms with E-state index in [0.717, 1.165) is 13.3 Å². The number of amides is 1. The minimum atomic E-state index is -4.52. The number of nitrogen functional groups attached to an aromatic ring is 2. The summed E-state index contributed by atoms with van der Waals surface area (Å²) in [6.45, 7) is -8.77. The number of esters is 1. The number of nitrogens with zero attached hydrogens (tertiary/aromatic N) is 6. The van der Waals surface area contributed by atoms with Crippen LogP contribution in [0.15, 0.2) is 22.2 Å². The van der Waals surface area contributed by atoms with Crippen molar-refractivity contribution >= 4 is 83.7 Å². The number of aromatic nitrogens is 8. The third kappa shape index (κ3) is 14.5. The van der Waals surface area contributed by atoms with Gasteiger partial charge in [0.25, 0.3) is 11.1 Å². The maximum atomic E-state index is 13.9. The summed E-state index contributed by atoms with van der Waals surface area (Å²) in [5.74, 6) is -10.8. The summed E-state index contributed by atoms with van der Waals surface area (Å²) in [6.07, 6.45) is -8.64. The number of carbonyl (C=O) groups is 2. The third-order valence-corrected chi connectivity index (χ3v) is 15.0. The fourth-order valence-electron chi connectivity index (χ4n) is 8.11. The monoisotopic (exact) mass is 1200 g/mol. The van der Waals surface area contributed by atoms with E-state index in [4.69, 9.17) is 74.5 Å². The second kappa shape index (κ2) is 26.2. The molecule has 1 aromatic carbocycles. The predicted octanol–water partition coefficient (Wildman–Crippen LogP) is 0.463. The SMILES string of the molecule is Cc1c(F)c(F)c(OC(=O)CCOCCOCCOCCOCCOCCC(=O)N[C@H]2C3OP(O)(=S)OC[C@H]4O[C@@H](n5cnc6c(=O)[nH]c(N)nc65)C(O)[C@H]4OP(=O)(S)OC[C@H]3O[C@H]2n2cnc3c(=O)[nH]c(N)nc32)c(F)c1F. The van der Waals surface area contributed by atoms with Gasteiger partial charge in [-0.3, -0.25) is 47.3 Å². The summed E-state index contributed by atoms with van der Waals surface area (Å²) < 4.78 is 139. The number of imidazole rings is 2. The van der Waals surface area contributed by atoms with Gasteiger partial charge in [-0.1, -0.05) is 12.2 Å². The quantitative estimate of drug-likeness (QED) is 0.00887. The van der Waals surface area contributed by atoms with E-state index in [0.29, 0.717) is 0 Å². The van der Waals surface area contributed by atoms with Crippen molar-refractivity contribution in [1.29, 1.82) is 0 Å². The van der Waals surface area contributed by atoms with Crippen LogP contribution in [-0.2, 0) is 77.2 Å². The van der Waals surface area contributed by atoms with Crippen molar-refractivity contribution in [2.75, 3.05) is 90.7 Å². The highest BCUT2D eigenvalue weighted by atomic mass is 32.7. The van der Waals surface area contributed by atoms with E-state index in [1.165, 1.54) is 15.5 Å². The molecule has 38 heteroatoms. The lowest BCUT2D eigenvalue weighted by Gasteiger charge is -2.31. The van der Waals surface area contributed by atoms with E-state index >= 15 is 0 Å². The number of fused-ring (bicyclic) bond motifs is 4. The number of aliphatic hydroxyl groups excluding tert-OH is 1. The molecule has 79 heavy (non-hydrogen) atoms. The number of carbonyl (C=O) groups excluding carboxylic acids is 2. The van der Waals surface area contributed by atoms with E-state index in [9.17, 15) is 51.3 Å². The molecule has 7 heterocycles. The smallest absolute Gasteiger partial charge is 0.386 e. The molecule has 0 spiro atoms. The van der Waals surface area contributed by atoms with Crippen molar-refractivity contribution in [3.05, 3.63) is 62.2 Å². The Morgan fingerprint density at radius 1 is 0.759 bits per heavy atom. The molecule has 8 rings (SSSR count). The molecule has 0 aliphatic carbocycles. The summed E-state index contributed by atoms with van der Waals surface area (Å²) in [6, 6.07) is -1.33. The van der Waals surface area contributed by atoms with Crippen molar-refractivity contribution in [2.45, 2.75) is 68.8 Å². The molecule has 3 aliphatic heterocycles. The number of thiol groups is 1. The summed E-state index contributed by atoms with van der Waals surface area (Å²) in [5.41, 5.74) is 8.85. The van der Waals surface area contributed by atoms with Crippen LogP contribution in [0.2, 0.25) is 0 Å². The lowest BCUT2D eigenvalue weighted by atomic mass is 10.1. The summed E-state index contributed by atoms with van der Waals surface area (Å²) in [7, 11) is 0. The number of H-pyrrole nitrogens is 2. The maximum absolute atomic E-state index is 13.9. The number of halogens is 4. The molecule has 3 fully saturated rings. The highest BCUT2D eigenvalue weighted by molar-refractivity contribution is 8.44. The molecule has 0 bridgehead atoms. The van der Waals surface area contributed by atoms with Crippen LogP contribution in [0.25, 0.3) is 22.3 Å². The normalized spacial score (nSPS) is 26.4. The molecule has 10 atom stereocenters. The zero-order valence-electron chi connectivity index (χ0n) is 41.1. The lowest BCUT2D eigenvalue weighted by molar-refractivity contribution is -0.136. The second-order valence-electron chi connectivity index (χ2n) is 17.2. The number of nitrogens with two attached hydrogens (primary N) is 2. The number of nitrogens with one attached hydrogen (secondary N) is 3. The molecule has 0 saturated carbocycles. The predicted molar refractivity (Wildman–Crippen MR) is 266 cm³/mol. The first-order valence-electron chi connectivity index (χ1n) is 23.6. The van der Waals surface area contributed by atoms with Gasteiger partial charge in [0, 0.05) is 12.0 Å². The first kappa shape index (κ1) is 60.0. The van der Waals surface area contributed by atoms with Gasteiger partial charge < -0.3 is 73.7 Å². The van der Waals surface area contributed by atoms with Crippen LogP contribution in [0.4, 0.5) is 29.5 Å². The zero-order chi connectivity index (χ0) is 56.8. The van der Waals surface area contributed by atoms with Gasteiger partial charge >= 0.3 is 19.5 Å². The summed E-state index contributed by atoms with van der Waals surface area (Å²) in [5, 5.41) is 14.3. The Bertz CT molecular complexity index is 3210. The molecule has 1 amide bonds. The van der Waals surface area contributed by atoms with Gasteiger partial charge in [0.1, 0.15) is 36.6 Å². The third-order valence-electron chi connectivity index (χ3n) is 11.8. The Balaban J connectivity index is 0.791. The number of anilines is 2. The van der Waals surface area contributed by atoms with Gasteiger partial charge in [0.05, 0.1) is 98.4 Å². The Hall–Kier alpha value is -5.11. The Kier molecular flexibility index (Phi) is 19.9. The molecule has 4 aromatic heterocycles. The topological polar surface area (TPSA) is 394 Å². The van der Waals surface area contributed by atoms with Gasteiger partial charge in [0.2, 0.25) is 35.2 Å². The molecule has 434 valence electrons. The van der Waals surface area contributed by atoms with Crippen LogP contribution >= 0.6 is 25.8 Å². The van der Waals surface area contributed by atoms with E-state index in [1.807, 2.05) is 0 Å². The van der Waals surface area contributed by atoms with E-state index in [2.05, 4.69) is 52.2 Å². The van der Waals surface area contributed by atoms with Crippen molar-refractivity contribution in [1.82, 2.24) is 44.4 Å². The molecule has 3 aliphatic rings. The summed E-state index contributed by atoms with van der Waals surface area (Å²) in [4.78, 5) is 83.4. The van der Waals surface area contributed by atoms with Gasteiger partial charge in [-0.25, -0.2) is 23.3 Å². The van der Waals surface area contributed by atoms with E-state index in [1.54, 1.807) is 0 Å². The molecule has 30 nitrogen and oxygen atoms in total. The highest BCUT2D eigenvalue weighted by Crippen LogP contribution is 2.58. The minimum absolute atomic E-state index is 0.0330. The lowest BCUT2D eigenvalue weighted by Crippen LogP contribution is -2.48. The van der Waals surface area contributed by atoms with E-state index in [-0.39, 0.29) is 107 Å². The largest absolute Gasteiger partial charge is 0.420 e. The number of hydrogen-bond donors (Lipinski definition) is 8. The zero-order valence-corrected chi connectivity index (χ0v) is 44.6. The highest BCUT2D eigenvalue weighted by Gasteiger charge is 2.54. The van der Waals surface area contributed by atoms with Crippen molar-refractivity contribution in [2.24, 2.45) is 0 Å². The van der Waals surface area contributed by atoms with Crippen LogP contribution in [0, 0.1) is 30.2 Å². The maximum Gasteiger partial charge on any atom is 0.386 e. The average molecular weight is 1200 g/mol. The molecule has 4 unspecified atom stereocenters. The number of benzene rings is 1. The van der Waals surface area contributed by atoms with Crippen molar-refractivity contribution in [3.8, 4) is 5.75 Å². The number of aliphatic hydroxyl groups is 1. The van der Waals surface area contributed by atoms with Crippen molar-refractivity contribution in [3.63, 3.8) is 0 Å². The fraction of sp³-hybridized carbons (Fsp3) is 0.561. The van der Waals surface area contributed by atoms with Crippen LogP contribution in [-0.4, -0.2) is 177 Å². The Morgan fingerprint density at radius 3 is 1.77 bits per heavy atom. The molecule has 3 saturated heterocycles. The molecule has 9 N–H and O–H groups in total. The summed E-state index contributed by atoms with van der Waals surface area (Å²) >= 11 is 9.58.